The fraction of sp³-hybridized carbons (Fsp3) is 0.500. The Morgan fingerprint density at radius 1 is 1.35 bits per heavy atom. The summed E-state index contributed by atoms with van der Waals surface area (Å²) in [5.74, 6) is -0.457. The van der Waals surface area contributed by atoms with E-state index in [9.17, 15) is 4.79 Å². The number of hydrogen-bond acceptors (Lipinski definition) is 4. The minimum absolute atomic E-state index is 0.396. The number of fused-ring (bicyclic) bond motifs is 1. The molecule has 0 aliphatic heterocycles. The van der Waals surface area contributed by atoms with Gasteiger partial charge >= 0.3 is 0 Å². The number of aromatic nitrogens is 3. The van der Waals surface area contributed by atoms with E-state index in [1.165, 1.54) is 25.5 Å². The van der Waals surface area contributed by atoms with E-state index in [0.717, 1.165) is 29.6 Å². The van der Waals surface area contributed by atoms with Crippen molar-refractivity contribution in [2.24, 2.45) is 12.8 Å². The molecule has 0 spiro atoms. The van der Waals surface area contributed by atoms with E-state index in [2.05, 4.69) is 15.4 Å². The molecular formula is C14H19N5O. The van der Waals surface area contributed by atoms with Crippen LogP contribution in [0, 0.1) is 0 Å². The van der Waals surface area contributed by atoms with Crippen LogP contribution >= 0.6 is 0 Å². The van der Waals surface area contributed by atoms with Crippen molar-refractivity contribution < 1.29 is 4.79 Å². The summed E-state index contributed by atoms with van der Waals surface area (Å²) in [5, 5.41) is 8.56. The number of aryl methyl sites for hydroxylation is 1. The average molecular weight is 273 g/mol. The lowest BCUT2D eigenvalue weighted by Crippen LogP contribution is -2.25. The van der Waals surface area contributed by atoms with Crippen LogP contribution in [0.4, 0.5) is 5.69 Å². The Labute approximate surface area is 117 Å². The molecule has 0 atom stereocenters. The molecule has 0 saturated heterocycles. The second kappa shape index (κ2) is 5.11. The van der Waals surface area contributed by atoms with Crippen molar-refractivity contribution in [2.75, 3.05) is 5.32 Å². The van der Waals surface area contributed by atoms with Gasteiger partial charge in [-0.05, 0) is 12.8 Å². The quantitative estimate of drug-likeness (QED) is 0.893. The van der Waals surface area contributed by atoms with Crippen molar-refractivity contribution in [1.29, 1.82) is 0 Å². The molecule has 6 heteroatoms. The summed E-state index contributed by atoms with van der Waals surface area (Å²) < 4.78 is 1.70. The number of nitrogens with two attached hydrogens (primary N) is 1. The number of rotatable bonds is 3. The summed E-state index contributed by atoms with van der Waals surface area (Å²) in [7, 11) is 1.84. The Bertz CT molecular complexity index is 642. The van der Waals surface area contributed by atoms with Crippen molar-refractivity contribution in [3.8, 4) is 0 Å². The van der Waals surface area contributed by atoms with E-state index in [1.54, 1.807) is 10.9 Å². The van der Waals surface area contributed by atoms with Crippen molar-refractivity contribution in [1.82, 2.24) is 14.8 Å². The number of nitrogens with one attached hydrogen (secondary N) is 1. The monoisotopic (exact) mass is 273 g/mol. The highest BCUT2D eigenvalue weighted by molar-refractivity contribution is 6.05. The van der Waals surface area contributed by atoms with Gasteiger partial charge in [-0.3, -0.25) is 9.48 Å². The maximum Gasteiger partial charge on any atom is 0.252 e. The van der Waals surface area contributed by atoms with Gasteiger partial charge in [0.15, 0.2) is 5.65 Å². The normalized spacial score (nSPS) is 16.4. The summed E-state index contributed by atoms with van der Waals surface area (Å²) >= 11 is 0. The number of primary amides is 1. The highest BCUT2D eigenvalue weighted by atomic mass is 16.1. The molecule has 1 amide bonds. The maximum atomic E-state index is 11.6. The third kappa shape index (κ3) is 2.21. The van der Waals surface area contributed by atoms with E-state index < -0.39 is 5.91 Å². The van der Waals surface area contributed by atoms with Gasteiger partial charge in [0.1, 0.15) is 0 Å². The van der Waals surface area contributed by atoms with Crippen LogP contribution in [-0.4, -0.2) is 26.7 Å². The second-order valence-corrected chi connectivity index (χ2v) is 5.40. The van der Waals surface area contributed by atoms with Crippen molar-refractivity contribution in [2.45, 2.75) is 38.1 Å². The SMILES string of the molecule is Cn1ncc2c(NC3CCCCC3)c(C(N)=O)cnc21. The molecule has 3 rings (SSSR count). The molecule has 0 bridgehead atoms. The zero-order chi connectivity index (χ0) is 14.1. The summed E-state index contributed by atoms with van der Waals surface area (Å²) in [6, 6.07) is 0.396. The lowest BCUT2D eigenvalue weighted by Gasteiger charge is -2.25. The fourth-order valence-corrected chi connectivity index (χ4v) is 2.89. The molecule has 20 heavy (non-hydrogen) atoms. The van der Waals surface area contributed by atoms with Crippen LogP contribution in [0.25, 0.3) is 11.0 Å². The van der Waals surface area contributed by atoms with Gasteiger partial charge in [-0.25, -0.2) is 4.98 Å². The van der Waals surface area contributed by atoms with Crippen molar-refractivity contribution >= 4 is 22.6 Å². The first kappa shape index (κ1) is 12.9. The molecule has 2 aromatic rings. The van der Waals surface area contributed by atoms with E-state index in [4.69, 9.17) is 5.73 Å². The number of anilines is 1. The molecule has 2 aromatic heterocycles. The van der Waals surface area contributed by atoms with E-state index in [1.807, 2.05) is 7.05 Å². The maximum absolute atomic E-state index is 11.6. The minimum Gasteiger partial charge on any atom is -0.381 e. The highest BCUT2D eigenvalue weighted by Crippen LogP contribution is 2.29. The first-order chi connectivity index (χ1) is 9.66. The van der Waals surface area contributed by atoms with Crippen LogP contribution in [-0.2, 0) is 7.05 Å². The van der Waals surface area contributed by atoms with E-state index in [-0.39, 0.29) is 0 Å². The first-order valence-electron chi connectivity index (χ1n) is 7.04. The summed E-state index contributed by atoms with van der Waals surface area (Å²) in [4.78, 5) is 15.9. The van der Waals surface area contributed by atoms with Crippen LogP contribution in [0.3, 0.4) is 0 Å². The molecule has 2 heterocycles. The standard InChI is InChI=1S/C14H19N5O/c1-19-14-11(8-17-19)12(10(7-16-14)13(15)20)18-9-5-3-2-4-6-9/h7-9H,2-6H2,1H3,(H2,15,20)(H,16,18). The molecule has 1 saturated carbocycles. The zero-order valence-electron chi connectivity index (χ0n) is 11.6. The number of hydrogen-bond donors (Lipinski definition) is 2. The predicted molar refractivity (Wildman–Crippen MR) is 77.5 cm³/mol. The highest BCUT2D eigenvalue weighted by Gasteiger charge is 2.20. The minimum atomic E-state index is -0.457. The predicted octanol–water partition coefficient (Wildman–Crippen LogP) is 1.81. The molecule has 1 aliphatic carbocycles. The Hall–Kier alpha value is -2.11. The first-order valence-corrected chi connectivity index (χ1v) is 7.04. The van der Waals surface area contributed by atoms with Gasteiger partial charge in [-0.15, -0.1) is 0 Å². The average Bonchev–Trinajstić information content (AvgIpc) is 2.82. The van der Waals surface area contributed by atoms with Crippen LogP contribution in [0.15, 0.2) is 12.4 Å². The van der Waals surface area contributed by atoms with Gasteiger partial charge in [-0.1, -0.05) is 19.3 Å². The van der Waals surface area contributed by atoms with Crippen molar-refractivity contribution in [3.63, 3.8) is 0 Å². The number of carbonyl (C=O) groups excluding carboxylic acids is 1. The summed E-state index contributed by atoms with van der Waals surface area (Å²) in [6.45, 7) is 0. The van der Waals surface area contributed by atoms with Gasteiger partial charge < -0.3 is 11.1 Å². The number of pyridine rings is 1. The fourth-order valence-electron chi connectivity index (χ4n) is 2.89. The smallest absolute Gasteiger partial charge is 0.252 e. The third-order valence-corrected chi connectivity index (χ3v) is 3.98. The molecule has 106 valence electrons. The van der Waals surface area contributed by atoms with Crippen LogP contribution in [0.2, 0.25) is 0 Å². The van der Waals surface area contributed by atoms with Gasteiger partial charge in [0, 0.05) is 19.3 Å². The van der Waals surface area contributed by atoms with E-state index >= 15 is 0 Å². The molecule has 1 fully saturated rings. The second-order valence-electron chi connectivity index (χ2n) is 5.40. The Balaban J connectivity index is 2.04. The van der Waals surface area contributed by atoms with E-state index in [0.29, 0.717) is 11.6 Å². The third-order valence-electron chi connectivity index (χ3n) is 3.98. The van der Waals surface area contributed by atoms with Crippen LogP contribution in [0.5, 0.6) is 0 Å². The van der Waals surface area contributed by atoms with Crippen molar-refractivity contribution in [3.05, 3.63) is 18.0 Å². The summed E-state index contributed by atoms with van der Waals surface area (Å²) in [5.41, 5.74) is 7.45. The Kier molecular flexibility index (Phi) is 3.30. The number of nitrogens with zero attached hydrogens (tertiary/aromatic N) is 3. The molecule has 0 unspecified atom stereocenters. The van der Waals surface area contributed by atoms with Gasteiger partial charge in [0.2, 0.25) is 0 Å². The molecule has 3 N–H and O–H groups in total. The molecule has 1 aliphatic rings. The molecule has 6 nitrogen and oxygen atoms in total. The van der Waals surface area contributed by atoms with Gasteiger partial charge in [0.05, 0.1) is 22.8 Å². The number of carbonyl (C=O) groups is 1. The molecule has 0 aromatic carbocycles. The van der Waals surface area contributed by atoms with Gasteiger partial charge in [0.25, 0.3) is 5.91 Å². The van der Waals surface area contributed by atoms with Crippen LogP contribution in [0.1, 0.15) is 42.5 Å². The van der Waals surface area contributed by atoms with Gasteiger partial charge in [-0.2, -0.15) is 5.10 Å². The topological polar surface area (TPSA) is 85.8 Å². The Morgan fingerprint density at radius 3 is 2.80 bits per heavy atom. The lowest BCUT2D eigenvalue weighted by molar-refractivity contribution is 0.100. The zero-order valence-corrected chi connectivity index (χ0v) is 11.6. The van der Waals surface area contributed by atoms with Crippen LogP contribution < -0.4 is 11.1 Å². The lowest BCUT2D eigenvalue weighted by atomic mass is 9.95. The molecule has 0 radical (unpaired) electrons. The summed E-state index contributed by atoms with van der Waals surface area (Å²) in [6.07, 6.45) is 9.27. The largest absolute Gasteiger partial charge is 0.381 e. The Morgan fingerprint density at radius 2 is 2.10 bits per heavy atom. The molecular weight excluding hydrogens is 254 g/mol. The number of amides is 1.